The van der Waals surface area contributed by atoms with Crippen molar-refractivity contribution < 1.29 is 22.4 Å². The predicted molar refractivity (Wildman–Crippen MR) is 77.9 cm³/mol. The van der Waals surface area contributed by atoms with Gasteiger partial charge in [0, 0.05) is 10.2 Å². The van der Waals surface area contributed by atoms with Gasteiger partial charge in [-0.15, -0.1) is 0 Å². The number of carbonyl (C=O) groups is 1. The van der Waals surface area contributed by atoms with Crippen LogP contribution < -0.4 is 5.32 Å². The average Bonchev–Trinajstić information content (AvgIpc) is 2.42. The fourth-order valence-electron chi connectivity index (χ4n) is 1.81. The highest BCUT2D eigenvalue weighted by atomic mass is 79.9. The third-order valence-corrected chi connectivity index (χ3v) is 3.52. The van der Waals surface area contributed by atoms with E-state index in [0.29, 0.717) is 5.56 Å². The molecule has 0 saturated heterocycles. The molecule has 22 heavy (non-hydrogen) atoms. The predicted octanol–water partition coefficient (Wildman–Crippen LogP) is 4.79. The molecule has 0 bridgehead atoms. The third kappa shape index (κ3) is 4.30. The van der Waals surface area contributed by atoms with Crippen molar-refractivity contribution in [2.45, 2.75) is 12.6 Å². The van der Waals surface area contributed by atoms with Crippen LogP contribution in [0.15, 0.2) is 46.9 Å². The van der Waals surface area contributed by atoms with Crippen LogP contribution in [0, 0.1) is 5.82 Å². The van der Waals surface area contributed by atoms with E-state index in [1.807, 2.05) is 0 Å². The Balaban J connectivity index is 2.10. The first-order chi connectivity index (χ1) is 10.3. The van der Waals surface area contributed by atoms with E-state index in [-0.39, 0.29) is 16.6 Å². The molecule has 7 heteroatoms. The molecule has 2 rings (SSSR count). The van der Waals surface area contributed by atoms with Gasteiger partial charge in [-0.25, -0.2) is 4.39 Å². The topological polar surface area (TPSA) is 29.1 Å². The maximum absolute atomic E-state index is 12.8. The van der Waals surface area contributed by atoms with Crippen molar-refractivity contribution in [2.24, 2.45) is 0 Å². The molecule has 0 aliphatic heterocycles. The lowest BCUT2D eigenvalue weighted by atomic mass is 10.1. The molecule has 0 aliphatic rings. The second-order valence-electron chi connectivity index (χ2n) is 4.54. The van der Waals surface area contributed by atoms with Crippen molar-refractivity contribution in [1.82, 2.24) is 0 Å². The van der Waals surface area contributed by atoms with E-state index in [0.717, 1.165) is 6.07 Å². The minimum absolute atomic E-state index is 0.0441. The minimum Gasteiger partial charge on any atom is -0.326 e. The van der Waals surface area contributed by atoms with E-state index < -0.39 is 23.5 Å². The largest absolute Gasteiger partial charge is 0.417 e. The van der Waals surface area contributed by atoms with Crippen LogP contribution in [0.3, 0.4) is 0 Å². The highest BCUT2D eigenvalue weighted by Gasteiger charge is 2.33. The molecular formula is C15H10BrF4NO. The van der Waals surface area contributed by atoms with Gasteiger partial charge in [-0.2, -0.15) is 13.2 Å². The monoisotopic (exact) mass is 375 g/mol. The molecule has 2 aromatic carbocycles. The SMILES string of the molecule is O=C(Cc1ccc(F)cc1)Nc1ccc(Br)c(C(F)(F)F)c1. The van der Waals surface area contributed by atoms with Crippen LogP contribution in [0.5, 0.6) is 0 Å². The van der Waals surface area contributed by atoms with Crippen LogP contribution in [0.2, 0.25) is 0 Å². The summed E-state index contributed by atoms with van der Waals surface area (Å²) in [6.07, 6.45) is -4.58. The zero-order valence-corrected chi connectivity index (χ0v) is 12.6. The fraction of sp³-hybridized carbons (Fsp3) is 0.133. The first-order valence-electron chi connectivity index (χ1n) is 6.17. The second-order valence-corrected chi connectivity index (χ2v) is 5.40. The molecule has 2 nitrogen and oxygen atoms in total. The number of nitrogens with one attached hydrogen (secondary N) is 1. The molecule has 0 heterocycles. The third-order valence-electron chi connectivity index (χ3n) is 2.83. The van der Waals surface area contributed by atoms with E-state index in [1.54, 1.807) is 0 Å². The molecule has 0 aromatic heterocycles. The standard InChI is InChI=1S/C15H10BrF4NO/c16-13-6-5-11(8-12(13)15(18,19)20)21-14(22)7-9-1-3-10(17)4-2-9/h1-6,8H,7H2,(H,21,22). The molecule has 0 fully saturated rings. The Hall–Kier alpha value is -1.89. The number of alkyl halides is 3. The number of rotatable bonds is 3. The van der Waals surface area contributed by atoms with E-state index in [9.17, 15) is 22.4 Å². The van der Waals surface area contributed by atoms with Crippen molar-refractivity contribution in [3.05, 3.63) is 63.9 Å². The molecule has 0 spiro atoms. The quantitative estimate of drug-likeness (QED) is 0.767. The van der Waals surface area contributed by atoms with Crippen LogP contribution in [-0.2, 0) is 17.4 Å². The first-order valence-corrected chi connectivity index (χ1v) is 6.96. The highest BCUT2D eigenvalue weighted by molar-refractivity contribution is 9.10. The van der Waals surface area contributed by atoms with Gasteiger partial charge in [-0.05, 0) is 35.9 Å². The van der Waals surface area contributed by atoms with E-state index in [2.05, 4.69) is 21.2 Å². The lowest BCUT2D eigenvalue weighted by molar-refractivity contribution is -0.138. The Morgan fingerprint density at radius 3 is 2.32 bits per heavy atom. The number of benzene rings is 2. The molecule has 116 valence electrons. The van der Waals surface area contributed by atoms with Crippen molar-refractivity contribution in [2.75, 3.05) is 5.32 Å². The molecule has 1 amide bonds. The van der Waals surface area contributed by atoms with Crippen LogP contribution in [0.25, 0.3) is 0 Å². The lowest BCUT2D eigenvalue weighted by Crippen LogP contribution is -2.15. The molecule has 0 saturated carbocycles. The van der Waals surface area contributed by atoms with Crippen LogP contribution in [0.4, 0.5) is 23.2 Å². The number of hydrogen-bond donors (Lipinski definition) is 1. The van der Waals surface area contributed by atoms with Crippen molar-refractivity contribution in [1.29, 1.82) is 0 Å². The Bertz CT molecular complexity index is 683. The van der Waals surface area contributed by atoms with Gasteiger partial charge in [0.2, 0.25) is 5.91 Å². The Kier molecular flexibility index (Phi) is 4.85. The molecule has 0 radical (unpaired) electrons. The summed E-state index contributed by atoms with van der Waals surface area (Å²) >= 11 is 2.82. The van der Waals surface area contributed by atoms with E-state index >= 15 is 0 Å². The molecule has 0 atom stereocenters. The van der Waals surface area contributed by atoms with E-state index in [4.69, 9.17) is 0 Å². The minimum atomic E-state index is -4.52. The van der Waals surface area contributed by atoms with Gasteiger partial charge in [-0.3, -0.25) is 4.79 Å². The first kappa shape index (κ1) is 16.5. The summed E-state index contributed by atoms with van der Waals surface area (Å²) in [6.45, 7) is 0. The highest BCUT2D eigenvalue weighted by Crippen LogP contribution is 2.36. The lowest BCUT2D eigenvalue weighted by Gasteiger charge is -2.12. The fourth-order valence-corrected chi connectivity index (χ4v) is 2.28. The van der Waals surface area contributed by atoms with Gasteiger partial charge in [0.1, 0.15) is 5.82 Å². The summed E-state index contributed by atoms with van der Waals surface area (Å²) in [7, 11) is 0. The van der Waals surface area contributed by atoms with Gasteiger partial charge >= 0.3 is 6.18 Å². The second kappa shape index (κ2) is 6.48. The van der Waals surface area contributed by atoms with E-state index in [1.165, 1.54) is 36.4 Å². The molecule has 0 unspecified atom stereocenters. The van der Waals surface area contributed by atoms with Gasteiger partial charge in [0.15, 0.2) is 0 Å². The summed E-state index contributed by atoms with van der Waals surface area (Å²) in [5, 5.41) is 2.39. The number of carbonyl (C=O) groups excluding carboxylic acids is 1. The van der Waals surface area contributed by atoms with Gasteiger partial charge < -0.3 is 5.32 Å². The molecule has 0 aliphatic carbocycles. The van der Waals surface area contributed by atoms with Crippen molar-refractivity contribution in [3.63, 3.8) is 0 Å². The normalized spacial score (nSPS) is 11.3. The zero-order valence-electron chi connectivity index (χ0n) is 11.0. The number of hydrogen-bond acceptors (Lipinski definition) is 1. The van der Waals surface area contributed by atoms with Crippen LogP contribution in [-0.4, -0.2) is 5.91 Å². The molecular weight excluding hydrogens is 366 g/mol. The van der Waals surface area contributed by atoms with Crippen LogP contribution >= 0.6 is 15.9 Å². The summed E-state index contributed by atoms with van der Waals surface area (Å²) in [5.74, 6) is -0.908. The summed E-state index contributed by atoms with van der Waals surface area (Å²) in [4.78, 5) is 11.8. The summed E-state index contributed by atoms with van der Waals surface area (Å²) in [5.41, 5.74) is -0.262. The van der Waals surface area contributed by atoms with Gasteiger partial charge in [-0.1, -0.05) is 28.1 Å². The summed E-state index contributed by atoms with van der Waals surface area (Å²) in [6, 6.07) is 8.74. The van der Waals surface area contributed by atoms with Crippen LogP contribution in [0.1, 0.15) is 11.1 Å². The Morgan fingerprint density at radius 1 is 1.09 bits per heavy atom. The maximum atomic E-state index is 12.8. The Labute approximate surface area is 132 Å². The zero-order chi connectivity index (χ0) is 16.3. The van der Waals surface area contributed by atoms with Crippen molar-refractivity contribution >= 4 is 27.5 Å². The number of amides is 1. The number of anilines is 1. The van der Waals surface area contributed by atoms with Crippen molar-refractivity contribution in [3.8, 4) is 0 Å². The smallest absolute Gasteiger partial charge is 0.326 e. The van der Waals surface area contributed by atoms with Gasteiger partial charge in [0.05, 0.1) is 12.0 Å². The summed E-state index contributed by atoms with van der Waals surface area (Å²) < 4.78 is 51.0. The average molecular weight is 376 g/mol. The molecule has 2 aromatic rings. The molecule has 1 N–H and O–H groups in total. The number of halogens is 5. The Morgan fingerprint density at radius 2 is 1.73 bits per heavy atom. The van der Waals surface area contributed by atoms with Gasteiger partial charge in [0.25, 0.3) is 0 Å². The maximum Gasteiger partial charge on any atom is 0.417 e.